The lowest BCUT2D eigenvalue weighted by Gasteiger charge is -2.10. The number of benzene rings is 1. The maximum absolute atomic E-state index is 11.7. The smallest absolute Gasteiger partial charge is 0.224 e. The minimum Gasteiger partial charge on any atom is -0.384 e. The number of methoxy groups -OCH3 is 1. The van der Waals surface area contributed by atoms with E-state index in [2.05, 4.69) is 11.2 Å². The number of carbonyl (C=O) groups excluding carboxylic acids is 1. The van der Waals surface area contributed by atoms with E-state index in [1.165, 1.54) is 0 Å². The quantitative estimate of drug-likeness (QED) is 0.789. The van der Waals surface area contributed by atoms with E-state index in [4.69, 9.17) is 11.2 Å². The highest BCUT2D eigenvalue weighted by Crippen LogP contribution is 2.11. The van der Waals surface area contributed by atoms with Gasteiger partial charge in [0, 0.05) is 31.4 Å². The lowest BCUT2D eigenvalue weighted by Crippen LogP contribution is -2.17. The summed E-state index contributed by atoms with van der Waals surface area (Å²) in [6.07, 6.45) is 5.73. The van der Waals surface area contributed by atoms with Gasteiger partial charge in [0.25, 0.3) is 0 Å². The Balaban J connectivity index is 2.53. The fraction of sp³-hybridized carbons (Fsp3) is 0.357. The third-order valence-electron chi connectivity index (χ3n) is 2.30. The van der Waals surface area contributed by atoms with Crippen LogP contribution in [0, 0.1) is 18.3 Å². The molecule has 3 heteroatoms. The summed E-state index contributed by atoms with van der Waals surface area (Å²) >= 11 is 0. The van der Waals surface area contributed by atoms with E-state index in [1.54, 1.807) is 13.2 Å². The summed E-state index contributed by atoms with van der Waals surface area (Å²) in [4.78, 5) is 11.7. The van der Waals surface area contributed by atoms with Gasteiger partial charge in [-0.2, -0.15) is 0 Å². The summed E-state index contributed by atoms with van der Waals surface area (Å²) in [5.41, 5.74) is 1.49. The Morgan fingerprint density at radius 3 is 3.00 bits per heavy atom. The van der Waals surface area contributed by atoms with Crippen LogP contribution >= 0.6 is 0 Å². The number of terminal acetylenes is 1. The number of nitrogens with one attached hydrogen (secondary N) is 1. The summed E-state index contributed by atoms with van der Waals surface area (Å²) in [5, 5.41) is 2.82. The zero-order chi connectivity index (χ0) is 12.7. The predicted octanol–water partition coefficient (Wildman–Crippen LogP) is 2.28. The number of amides is 1. The highest BCUT2D eigenvalue weighted by atomic mass is 16.5. The SMILES string of the molecule is C#Cc1cccc(NC(=O)CC(C)COC)c1. The fourth-order valence-electron chi connectivity index (χ4n) is 1.56. The third kappa shape index (κ3) is 4.71. The molecule has 0 aliphatic carbocycles. The molecule has 90 valence electrons. The minimum atomic E-state index is -0.0243. The molecular weight excluding hydrogens is 214 g/mol. The predicted molar refractivity (Wildman–Crippen MR) is 68.7 cm³/mol. The molecule has 0 heterocycles. The van der Waals surface area contributed by atoms with Gasteiger partial charge in [-0.15, -0.1) is 6.42 Å². The van der Waals surface area contributed by atoms with Crippen LogP contribution in [0.5, 0.6) is 0 Å². The Bertz CT molecular complexity index is 420. The summed E-state index contributed by atoms with van der Waals surface area (Å²) < 4.78 is 4.98. The lowest BCUT2D eigenvalue weighted by atomic mass is 10.1. The van der Waals surface area contributed by atoms with Crippen molar-refractivity contribution in [3.8, 4) is 12.3 Å². The zero-order valence-corrected chi connectivity index (χ0v) is 10.2. The van der Waals surface area contributed by atoms with Crippen molar-refractivity contribution >= 4 is 11.6 Å². The molecule has 1 atom stereocenters. The monoisotopic (exact) mass is 231 g/mol. The second kappa shape index (κ2) is 6.72. The molecule has 0 saturated heterocycles. The lowest BCUT2D eigenvalue weighted by molar-refractivity contribution is -0.117. The average molecular weight is 231 g/mol. The molecule has 0 aliphatic rings. The van der Waals surface area contributed by atoms with Gasteiger partial charge in [-0.25, -0.2) is 0 Å². The largest absolute Gasteiger partial charge is 0.384 e. The van der Waals surface area contributed by atoms with Crippen molar-refractivity contribution in [3.05, 3.63) is 29.8 Å². The number of rotatable bonds is 5. The summed E-state index contributed by atoms with van der Waals surface area (Å²) in [6, 6.07) is 7.24. The van der Waals surface area contributed by atoms with E-state index in [9.17, 15) is 4.79 Å². The van der Waals surface area contributed by atoms with Crippen molar-refractivity contribution < 1.29 is 9.53 Å². The first-order chi connectivity index (χ1) is 8.15. The molecule has 0 aliphatic heterocycles. The van der Waals surface area contributed by atoms with Gasteiger partial charge >= 0.3 is 0 Å². The second-order valence-electron chi connectivity index (χ2n) is 4.04. The number of anilines is 1. The van der Waals surface area contributed by atoms with E-state index < -0.39 is 0 Å². The van der Waals surface area contributed by atoms with Crippen LogP contribution in [-0.2, 0) is 9.53 Å². The Morgan fingerprint density at radius 2 is 2.35 bits per heavy atom. The van der Waals surface area contributed by atoms with Gasteiger partial charge in [0.15, 0.2) is 0 Å². The normalized spacial score (nSPS) is 11.6. The molecule has 1 aromatic carbocycles. The zero-order valence-electron chi connectivity index (χ0n) is 10.2. The molecular formula is C14H17NO2. The Hall–Kier alpha value is -1.79. The first-order valence-electron chi connectivity index (χ1n) is 5.51. The molecule has 1 amide bonds. The van der Waals surface area contributed by atoms with Crippen molar-refractivity contribution in [1.82, 2.24) is 0 Å². The number of ether oxygens (including phenoxy) is 1. The summed E-state index contributed by atoms with van der Waals surface area (Å²) in [7, 11) is 1.63. The molecule has 0 spiro atoms. The molecule has 0 bridgehead atoms. The van der Waals surface area contributed by atoms with Gasteiger partial charge < -0.3 is 10.1 Å². The van der Waals surface area contributed by atoms with Crippen molar-refractivity contribution in [2.45, 2.75) is 13.3 Å². The fourth-order valence-corrected chi connectivity index (χ4v) is 1.56. The van der Waals surface area contributed by atoms with Crippen LogP contribution in [0.1, 0.15) is 18.9 Å². The van der Waals surface area contributed by atoms with Gasteiger partial charge in [-0.05, 0) is 24.1 Å². The molecule has 1 N–H and O–H groups in total. The molecule has 1 unspecified atom stereocenters. The van der Waals surface area contributed by atoms with Crippen LogP contribution in [0.15, 0.2) is 24.3 Å². The van der Waals surface area contributed by atoms with Crippen LogP contribution in [0.25, 0.3) is 0 Å². The standard InChI is InChI=1S/C14H17NO2/c1-4-12-6-5-7-13(9-12)15-14(16)8-11(2)10-17-3/h1,5-7,9,11H,8,10H2,2-3H3,(H,15,16). The summed E-state index contributed by atoms with van der Waals surface area (Å²) in [5.74, 6) is 2.71. The van der Waals surface area contributed by atoms with Gasteiger partial charge in [-0.3, -0.25) is 4.79 Å². The topological polar surface area (TPSA) is 38.3 Å². The molecule has 0 radical (unpaired) electrons. The molecule has 1 aromatic rings. The third-order valence-corrected chi connectivity index (χ3v) is 2.30. The van der Waals surface area contributed by atoms with E-state index in [-0.39, 0.29) is 11.8 Å². The van der Waals surface area contributed by atoms with Crippen molar-refractivity contribution in [1.29, 1.82) is 0 Å². The first-order valence-corrected chi connectivity index (χ1v) is 5.51. The number of hydrogen-bond acceptors (Lipinski definition) is 2. The van der Waals surface area contributed by atoms with Crippen LogP contribution in [-0.4, -0.2) is 19.6 Å². The summed E-state index contributed by atoms with van der Waals surface area (Å²) in [6.45, 7) is 2.55. The second-order valence-corrected chi connectivity index (χ2v) is 4.04. The highest BCUT2D eigenvalue weighted by Gasteiger charge is 2.09. The van der Waals surface area contributed by atoms with Crippen molar-refractivity contribution in [2.24, 2.45) is 5.92 Å². The molecule has 0 fully saturated rings. The van der Waals surface area contributed by atoms with Gasteiger partial charge in [-0.1, -0.05) is 18.9 Å². The Kier molecular flexibility index (Phi) is 5.25. The maximum Gasteiger partial charge on any atom is 0.224 e. The van der Waals surface area contributed by atoms with Crippen molar-refractivity contribution in [2.75, 3.05) is 19.0 Å². The van der Waals surface area contributed by atoms with Crippen molar-refractivity contribution in [3.63, 3.8) is 0 Å². The van der Waals surface area contributed by atoms with E-state index in [1.807, 2.05) is 25.1 Å². The number of hydrogen-bond donors (Lipinski definition) is 1. The Labute approximate surface area is 102 Å². The van der Waals surface area contributed by atoms with Crippen LogP contribution in [0.4, 0.5) is 5.69 Å². The first kappa shape index (κ1) is 13.3. The minimum absolute atomic E-state index is 0.0243. The molecule has 3 nitrogen and oxygen atoms in total. The van der Waals surface area contributed by atoms with E-state index in [0.29, 0.717) is 13.0 Å². The molecule has 0 saturated carbocycles. The highest BCUT2D eigenvalue weighted by molar-refractivity contribution is 5.91. The van der Waals surface area contributed by atoms with E-state index in [0.717, 1.165) is 11.3 Å². The number of carbonyl (C=O) groups is 1. The molecule has 17 heavy (non-hydrogen) atoms. The van der Waals surface area contributed by atoms with E-state index >= 15 is 0 Å². The van der Waals surface area contributed by atoms with Gasteiger partial charge in [0.05, 0.1) is 0 Å². The van der Waals surface area contributed by atoms with Gasteiger partial charge in [0.2, 0.25) is 5.91 Å². The Morgan fingerprint density at radius 1 is 1.59 bits per heavy atom. The van der Waals surface area contributed by atoms with Gasteiger partial charge in [0.1, 0.15) is 0 Å². The average Bonchev–Trinajstić information content (AvgIpc) is 2.29. The maximum atomic E-state index is 11.7. The molecule has 0 aromatic heterocycles. The molecule has 1 rings (SSSR count). The van der Waals surface area contributed by atoms with Crippen LogP contribution in [0.3, 0.4) is 0 Å². The van der Waals surface area contributed by atoms with Crippen LogP contribution in [0.2, 0.25) is 0 Å². The van der Waals surface area contributed by atoms with Crippen LogP contribution < -0.4 is 5.32 Å².